The quantitative estimate of drug-likeness (QED) is 0.0347. The number of esters is 2. The number of hydrogen-bond acceptors (Lipinski definition) is 8. The van der Waals surface area contributed by atoms with E-state index in [9.17, 15) is 19.0 Å². The summed E-state index contributed by atoms with van der Waals surface area (Å²) in [4.78, 5) is 35.4. The Hall–Kier alpha value is -0.990. The summed E-state index contributed by atoms with van der Waals surface area (Å²) in [6.07, 6.45) is 85.2. The Morgan fingerprint density at radius 1 is 0.310 bits per heavy atom. The van der Waals surface area contributed by atoms with E-state index in [0.717, 1.165) is 32.1 Å². The van der Waals surface area contributed by atoms with Crippen LogP contribution in [0.4, 0.5) is 0 Å². The highest BCUT2D eigenvalue weighted by Crippen LogP contribution is 2.43. The Labute approximate surface area is 524 Å². The molecule has 0 aliphatic heterocycles. The first kappa shape index (κ1) is 83.0. The summed E-state index contributed by atoms with van der Waals surface area (Å²) in [6.45, 7) is 3.85. The van der Waals surface area contributed by atoms with Crippen molar-refractivity contribution in [3.8, 4) is 0 Å². The van der Waals surface area contributed by atoms with Crippen LogP contribution in [0.5, 0.6) is 0 Å². The maximum Gasteiger partial charge on any atom is 0.472 e. The van der Waals surface area contributed by atoms with Gasteiger partial charge in [-0.15, -0.1) is 0 Å². The van der Waals surface area contributed by atoms with Crippen LogP contribution in [0.1, 0.15) is 431 Å². The topological polar surface area (TPSA) is 134 Å². The Balaban J connectivity index is 3.75. The van der Waals surface area contributed by atoms with Crippen LogP contribution >= 0.6 is 7.82 Å². The van der Waals surface area contributed by atoms with Crippen LogP contribution in [-0.2, 0) is 32.7 Å². The minimum absolute atomic E-state index is 0.0589. The molecule has 0 aliphatic carbocycles. The first-order chi connectivity index (χ1) is 41.3. The predicted molar refractivity (Wildman–Crippen MR) is 363 cm³/mol. The van der Waals surface area contributed by atoms with Crippen molar-refractivity contribution in [1.82, 2.24) is 0 Å². The number of unbranched alkanes of at least 4 members (excludes halogenated alkanes) is 61. The monoisotopic (exact) mass is 1210 g/mol. The van der Waals surface area contributed by atoms with Crippen molar-refractivity contribution in [3.05, 3.63) is 0 Å². The minimum Gasteiger partial charge on any atom is -0.462 e. The highest BCUT2D eigenvalue weighted by Gasteiger charge is 2.26. The van der Waals surface area contributed by atoms with Crippen molar-refractivity contribution in [3.63, 3.8) is 0 Å². The molecule has 0 aromatic rings. The molecule has 0 saturated heterocycles. The zero-order chi connectivity index (χ0) is 60.9. The summed E-state index contributed by atoms with van der Waals surface area (Å²) < 4.78 is 33.2. The highest BCUT2D eigenvalue weighted by atomic mass is 31.2. The number of ether oxygens (including phenoxy) is 2. The summed E-state index contributed by atoms with van der Waals surface area (Å²) in [5, 5.41) is 0. The van der Waals surface area contributed by atoms with E-state index < -0.39 is 26.5 Å². The molecule has 0 amide bonds. The number of phosphoric acid groups is 1. The van der Waals surface area contributed by atoms with Gasteiger partial charge in [-0.1, -0.05) is 406 Å². The molecule has 0 fully saturated rings. The maximum atomic E-state index is 12.8. The second kappa shape index (κ2) is 71.1. The first-order valence-electron chi connectivity index (χ1n) is 38.0. The minimum atomic E-state index is -4.39. The van der Waals surface area contributed by atoms with E-state index in [4.69, 9.17) is 24.3 Å². The Morgan fingerprint density at radius 3 is 0.726 bits per heavy atom. The van der Waals surface area contributed by atoms with Gasteiger partial charge in [-0.2, -0.15) is 0 Å². The van der Waals surface area contributed by atoms with E-state index in [1.165, 1.54) is 366 Å². The van der Waals surface area contributed by atoms with Crippen LogP contribution in [-0.4, -0.2) is 49.3 Å². The number of carbonyl (C=O) groups is 2. The molecule has 3 N–H and O–H groups in total. The van der Waals surface area contributed by atoms with Crippen molar-refractivity contribution in [2.75, 3.05) is 26.4 Å². The van der Waals surface area contributed by atoms with Crippen LogP contribution in [0.2, 0.25) is 0 Å². The van der Waals surface area contributed by atoms with E-state index in [-0.39, 0.29) is 32.1 Å². The molecule has 2 unspecified atom stereocenters. The van der Waals surface area contributed by atoms with Crippen LogP contribution in [0.25, 0.3) is 0 Å². The molecule has 0 spiro atoms. The van der Waals surface area contributed by atoms with E-state index in [1.54, 1.807) is 0 Å². The van der Waals surface area contributed by atoms with Crippen LogP contribution in [0, 0.1) is 0 Å². The molecular weight excluding hydrogens is 1060 g/mol. The van der Waals surface area contributed by atoms with Gasteiger partial charge in [0.25, 0.3) is 0 Å². The van der Waals surface area contributed by atoms with Gasteiger partial charge < -0.3 is 20.1 Å². The number of carbonyl (C=O) groups excluding carboxylic acids is 2. The third kappa shape index (κ3) is 70.1. The molecule has 0 aliphatic rings. The molecule has 9 nitrogen and oxygen atoms in total. The molecule has 0 bridgehead atoms. The fourth-order valence-corrected chi connectivity index (χ4v) is 12.9. The molecule has 10 heteroatoms. The molecule has 0 heterocycles. The Kier molecular flexibility index (Phi) is 70.3. The largest absolute Gasteiger partial charge is 0.472 e. The fourth-order valence-electron chi connectivity index (χ4n) is 12.1. The smallest absolute Gasteiger partial charge is 0.462 e. The SMILES string of the molecule is CCCCCCCCCCCCCCCCCCCCCCCCCCCCCCCCCCCC(=O)OC(COC(=O)CCCCCCCCCCCCCCCCCCCCCCCCCCCCCCCC)COP(=O)(O)OCCN. The summed E-state index contributed by atoms with van der Waals surface area (Å²) in [5.74, 6) is -0.795. The second-order valence-corrected chi connectivity index (χ2v) is 27.7. The van der Waals surface area contributed by atoms with Gasteiger partial charge in [0, 0.05) is 19.4 Å². The fraction of sp³-hybridized carbons (Fsp3) is 0.973. The van der Waals surface area contributed by atoms with Gasteiger partial charge in [-0.05, 0) is 12.8 Å². The first-order valence-corrected chi connectivity index (χ1v) is 39.5. The normalized spacial score (nSPS) is 12.8. The molecule has 2 atom stereocenters. The lowest BCUT2D eigenvalue weighted by Gasteiger charge is -2.19. The molecule has 502 valence electrons. The van der Waals surface area contributed by atoms with Gasteiger partial charge in [0.05, 0.1) is 13.2 Å². The van der Waals surface area contributed by atoms with E-state index >= 15 is 0 Å². The zero-order valence-corrected chi connectivity index (χ0v) is 57.6. The number of rotatable bonds is 74. The lowest BCUT2D eigenvalue weighted by Crippen LogP contribution is -2.29. The van der Waals surface area contributed by atoms with Crippen LogP contribution in [0.3, 0.4) is 0 Å². The van der Waals surface area contributed by atoms with Crippen molar-refractivity contribution in [2.45, 2.75) is 437 Å². The zero-order valence-electron chi connectivity index (χ0n) is 56.7. The highest BCUT2D eigenvalue weighted by molar-refractivity contribution is 7.47. The summed E-state index contributed by atoms with van der Waals surface area (Å²) >= 11 is 0. The van der Waals surface area contributed by atoms with Crippen molar-refractivity contribution >= 4 is 19.8 Å². The third-order valence-electron chi connectivity index (χ3n) is 17.7. The van der Waals surface area contributed by atoms with Gasteiger partial charge in [0.2, 0.25) is 0 Å². The average molecular weight is 1210 g/mol. The van der Waals surface area contributed by atoms with Crippen LogP contribution < -0.4 is 5.73 Å². The van der Waals surface area contributed by atoms with Gasteiger partial charge >= 0.3 is 19.8 Å². The Morgan fingerprint density at radius 2 is 0.512 bits per heavy atom. The third-order valence-corrected chi connectivity index (χ3v) is 18.7. The summed E-state index contributed by atoms with van der Waals surface area (Å²) in [7, 11) is -4.39. The molecule has 0 aromatic heterocycles. The molecule has 0 rings (SSSR count). The average Bonchev–Trinajstić information content (AvgIpc) is 3.55. The lowest BCUT2D eigenvalue weighted by atomic mass is 10.0. The van der Waals surface area contributed by atoms with Gasteiger partial charge in [0.15, 0.2) is 6.10 Å². The van der Waals surface area contributed by atoms with Crippen molar-refractivity contribution in [2.24, 2.45) is 5.73 Å². The molecule has 0 radical (unpaired) electrons. The molecule has 0 saturated carbocycles. The maximum absolute atomic E-state index is 12.8. The number of phosphoric ester groups is 1. The predicted octanol–water partition coefficient (Wildman–Crippen LogP) is 24.9. The Bertz CT molecular complexity index is 1340. The van der Waals surface area contributed by atoms with Gasteiger partial charge in [-0.25, -0.2) is 4.57 Å². The molecule has 0 aromatic carbocycles. The second-order valence-electron chi connectivity index (χ2n) is 26.2. The standard InChI is InChI=1S/C74H148NO8P/c1-3-5-7-9-11-13-15-17-19-21-23-25-27-29-31-33-35-36-37-39-41-43-45-47-49-51-53-55-57-59-61-63-65-67-74(77)83-72(71-82-84(78,79)81-69-68-75)70-80-73(76)66-64-62-60-58-56-54-52-50-48-46-44-42-40-38-34-32-30-28-26-24-22-20-18-16-14-12-10-8-6-4-2/h72H,3-71,75H2,1-2H3,(H,78,79). The van der Waals surface area contributed by atoms with Gasteiger partial charge in [0.1, 0.15) is 6.61 Å². The number of nitrogens with two attached hydrogens (primary N) is 1. The van der Waals surface area contributed by atoms with Crippen molar-refractivity contribution in [1.29, 1.82) is 0 Å². The van der Waals surface area contributed by atoms with Crippen LogP contribution in [0.15, 0.2) is 0 Å². The van der Waals surface area contributed by atoms with Crippen molar-refractivity contribution < 1.29 is 37.6 Å². The van der Waals surface area contributed by atoms with E-state index in [2.05, 4.69) is 13.8 Å². The van der Waals surface area contributed by atoms with E-state index in [1.807, 2.05) is 0 Å². The summed E-state index contributed by atoms with van der Waals surface area (Å²) in [5.41, 5.74) is 5.41. The lowest BCUT2D eigenvalue weighted by molar-refractivity contribution is -0.161. The number of hydrogen-bond donors (Lipinski definition) is 2. The van der Waals surface area contributed by atoms with E-state index in [0.29, 0.717) is 12.8 Å². The molecule has 84 heavy (non-hydrogen) atoms. The van der Waals surface area contributed by atoms with Gasteiger partial charge in [-0.3, -0.25) is 18.6 Å². The molecular formula is C74H148NO8P. The summed E-state index contributed by atoms with van der Waals surface area (Å²) in [6, 6.07) is 0.